The van der Waals surface area contributed by atoms with E-state index in [0.717, 1.165) is 50.8 Å². The Bertz CT molecular complexity index is 686. The van der Waals surface area contributed by atoms with Gasteiger partial charge in [0.25, 0.3) is 5.91 Å². The molecule has 6 nitrogen and oxygen atoms in total. The van der Waals surface area contributed by atoms with Gasteiger partial charge in [0.1, 0.15) is 0 Å². The number of anilines is 1. The number of amides is 2. The highest BCUT2D eigenvalue weighted by molar-refractivity contribution is 5.95. The third-order valence-corrected chi connectivity index (χ3v) is 5.48. The molecular weight excluding hydrogens is 344 g/mol. The van der Waals surface area contributed by atoms with E-state index in [1.165, 1.54) is 0 Å². The Morgan fingerprint density at radius 1 is 1.07 bits per heavy atom. The maximum absolute atomic E-state index is 12.4. The van der Waals surface area contributed by atoms with Crippen LogP contribution in [0, 0.1) is 0 Å². The average Bonchev–Trinajstić information content (AvgIpc) is 2.72. The second-order valence-corrected chi connectivity index (χ2v) is 7.27. The van der Waals surface area contributed by atoms with E-state index >= 15 is 0 Å². The summed E-state index contributed by atoms with van der Waals surface area (Å²) in [5.41, 5.74) is 1.19. The minimum Gasteiger partial charge on any atom is -0.452 e. The number of nitrogens with zero attached hydrogens (tertiary/aromatic N) is 2. The third kappa shape index (κ3) is 4.67. The van der Waals surface area contributed by atoms with Gasteiger partial charge in [-0.3, -0.25) is 9.59 Å². The topological polar surface area (TPSA) is 66.9 Å². The van der Waals surface area contributed by atoms with Gasteiger partial charge in [-0.25, -0.2) is 4.79 Å². The summed E-state index contributed by atoms with van der Waals surface area (Å²) < 4.78 is 5.23. The Hall–Kier alpha value is -2.37. The summed E-state index contributed by atoms with van der Waals surface area (Å²) in [7, 11) is 0. The fourth-order valence-corrected chi connectivity index (χ4v) is 3.90. The lowest BCUT2D eigenvalue weighted by Gasteiger charge is -2.35. The molecule has 1 unspecified atom stereocenters. The minimum absolute atomic E-state index is 0.120. The van der Waals surface area contributed by atoms with Gasteiger partial charge in [0.2, 0.25) is 5.91 Å². The van der Waals surface area contributed by atoms with Crippen LogP contribution in [0.15, 0.2) is 24.3 Å². The highest BCUT2D eigenvalue weighted by atomic mass is 16.5. The summed E-state index contributed by atoms with van der Waals surface area (Å²) >= 11 is 0. The smallest absolute Gasteiger partial charge is 0.338 e. The lowest BCUT2D eigenvalue weighted by Crippen LogP contribution is -2.45. The minimum atomic E-state index is -0.509. The van der Waals surface area contributed by atoms with Gasteiger partial charge in [-0.2, -0.15) is 0 Å². The van der Waals surface area contributed by atoms with Crippen molar-refractivity contribution in [1.29, 1.82) is 0 Å². The summed E-state index contributed by atoms with van der Waals surface area (Å²) in [5, 5.41) is 0. The van der Waals surface area contributed by atoms with Crippen LogP contribution in [0.5, 0.6) is 0 Å². The van der Waals surface area contributed by atoms with E-state index in [1.807, 2.05) is 4.90 Å². The van der Waals surface area contributed by atoms with E-state index in [0.29, 0.717) is 18.5 Å². The van der Waals surface area contributed by atoms with Crippen molar-refractivity contribution >= 4 is 23.5 Å². The molecule has 1 aromatic rings. The van der Waals surface area contributed by atoms with Crippen molar-refractivity contribution in [2.24, 2.45) is 0 Å². The average molecular weight is 372 g/mol. The Kier molecular flexibility index (Phi) is 6.48. The zero-order valence-electron chi connectivity index (χ0n) is 16.0. The molecule has 1 atom stereocenters. The number of ether oxygens (including phenoxy) is 1. The summed E-state index contributed by atoms with van der Waals surface area (Å²) in [6.07, 6.45) is 6.60. The van der Waals surface area contributed by atoms with Crippen molar-refractivity contribution in [3.63, 3.8) is 0 Å². The predicted molar refractivity (Wildman–Crippen MR) is 103 cm³/mol. The lowest BCUT2D eigenvalue weighted by molar-refractivity contribution is -0.138. The standard InChI is InChI=1S/C21H28N2O4/c1-2-17-7-3-5-13-22(17)20(25)15-27-21(26)16-9-11-18(12-10-16)23-14-6-4-8-19(23)24/h9-12,17H,2-8,13-15H2,1H3. The molecule has 1 aromatic carbocycles. The molecule has 0 aliphatic carbocycles. The van der Waals surface area contributed by atoms with Gasteiger partial charge in [0, 0.05) is 31.2 Å². The fraction of sp³-hybridized carbons (Fsp3) is 0.571. The molecule has 3 rings (SSSR count). The zero-order chi connectivity index (χ0) is 19.2. The van der Waals surface area contributed by atoms with E-state index in [4.69, 9.17) is 4.74 Å². The van der Waals surface area contributed by atoms with Crippen LogP contribution in [0.1, 0.15) is 62.2 Å². The molecule has 0 N–H and O–H groups in total. The number of likely N-dealkylation sites (tertiary alicyclic amines) is 1. The van der Waals surface area contributed by atoms with Crippen molar-refractivity contribution in [2.45, 2.75) is 57.9 Å². The van der Waals surface area contributed by atoms with Crippen molar-refractivity contribution < 1.29 is 19.1 Å². The summed E-state index contributed by atoms with van der Waals surface area (Å²) in [4.78, 5) is 40.3. The first kappa shape index (κ1) is 19.4. The molecule has 2 fully saturated rings. The Morgan fingerprint density at radius 2 is 1.81 bits per heavy atom. The first-order chi connectivity index (χ1) is 13.1. The summed E-state index contributed by atoms with van der Waals surface area (Å²) in [5.74, 6) is -0.510. The number of hydrogen-bond acceptors (Lipinski definition) is 4. The highest BCUT2D eigenvalue weighted by Crippen LogP contribution is 2.22. The molecular formula is C21H28N2O4. The number of carbonyl (C=O) groups is 3. The van der Waals surface area contributed by atoms with Gasteiger partial charge < -0.3 is 14.5 Å². The zero-order valence-corrected chi connectivity index (χ0v) is 16.0. The highest BCUT2D eigenvalue weighted by Gasteiger charge is 2.26. The van der Waals surface area contributed by atoms with Crippen molar-refractivity contribution in [3.05, 3.63) is 29.8 Å². The maximum atomic E-state index is 12.4. The number of piperidine rings is 2. The van der Waals surface area contributed by atoms with Crippen LogP contribution in [0.3, 0.4) is 0 Å². The normalized spacial score (nSPS) is 20.5. The largest absolute Gasteiger partial charge is 0.452 e. The predicted octanol–water partition coefficient (Wildman–Crippen LogP) is 3.15. The molecule has 2 aliphatic rings. The molecule has 2 aliphatic heterocycles. The second kappa shape index (κ2) is 9.02. The van der Waals surface area contributed by atoms with Gasteiger partial charge in [0.15, 0.2) is 6.61 Å². The molecule has 6 heteroatoms. The van der Waals surface area contributed by atoms with Crippen molar-refractivity contribution in [3.8, 4) is 0 Å². The van der Waals surface area contributed by atoms with E-state index in [-0.39, 0.29) is 24.5 Å². The quantitative estimate of drug-likeness (QED) is 0.745. The van der Waals surface area contributed by atoms with Crippen LogP contribution in [-0.2, 0) is 14.3 Å². The molecule has 2 amide bonds. The Balaban J connectivity index is 1.55. The molecule has 27 heavy (non-hydrogen) atoms. The molecule has 0 saturated carbocycles. The van der Waals surface area contributed by atoms with Crippen LogP contribution in [-0.4, -0.2) is 48.4 Å². The van der Waals surface area contributed by atoms with E-state index in [2.05, 4.69) is 6.92 Å². The van der Waals surface area contributed by atoms with Crippen LogP contribution in [0.25, 0.3) is 0 Å². The number of carbonyl (C=O) groups excluding carboxylic acids is 3. The van der Waals surface area contributed by atoms with Crippen LogP contribution >= 0.6 is 0 Å². The van der Waals surface area contributed by atoms with Gasteiger partial charge in [-0.1, -0.05) is 6.92 Å². The van der Waals surface area contributed by atoms with Crippen LogP contribution < -0.4 is 4.90 Å². The van der Waals surface area contributed by atoms with Gasteiger partial charge in [-0.15, -0.1) is 0 Å². The monoisotopic (exact) mass is 372 g/mol. The third-order valence-electron chi connectivity index (χ3n) is 5.48. The first-order valence-electron chi connectivity index (χ1n) is 9.97. The summed E-state index contributed by atoms with van der Waals surface area (Å²) in [6.45, 7) is 3.32. The number of hydrogen-bond donors (Lipinski definition) is 0. The Morgan fingerprint density at radius 3 is 2.52 bits per heavy atom. The van der Waals surface area contributed by atoms with Crippen LogP contribution in [0.2, 0.25) is 0 Å². The van der Waals surface area contributed by atoms with Crippen molar-refractivity contribution in [1.82, 2.24) is 4.90 Å². The SMILES string of the molecule is CCC1CCCCN1C(=O)COC(=O)c1ccc(N2CCCCC2=O)cc1. The fourth-order valence-electron chi connectivity index (χ4n) is 3.90. The van der Waals surface area contributed by atoms with Gasteiger partial charge >= 0.3 is 5.97 Å². The maximum Gasteiger partial charge on any atom is 0.338 e. The van der Waals surface area contributed by atoms with Crippen molar-refractivity contribution in [2.75, 3.05) is 24.6 Å². The Labute approximate surface area is 160 Å². The molecule has 2 heterocycles. The van der Waals surface area contributed by atoms with E-state index in [9.17, 15) is 14.4 Å². The van der Waals surface area contributed by atoms with E-state index < -0.39 is 5.97 Å². The van der Waals surface area contributed by atoms with Gasteiger partial charge in [-0.05, 0) is 62.8 Å². The molecule has 146 valence electrons. The molecule has 0 bridgehead atoms. The molecule has 2 saturated heterocycles. The molecule has 0 radical (unpaired) electrons. The van der Waals surface area contributed by atoms with Crippen LogP contribution in [0.4, 0.5) is 5.69 Å². The molecule has 0 spiro atoms. The second-order valence-electron chi connectivity index (χ2n) is 7.27. The molecule has 0 aromatic heterocycles. The summed E-state index contributed by atoms with van der Waals surface area (Å²) in [6, 6.07) is 7.09. The number of rotatable bonds is 5. The number of esters is 1. The lowest BCUT2D eigenvalue weighted by atomic mass is 10.00. The first-order valence-corrected chi connectivity index (χ1v) is 9.97. The number of benzene rings is 1. The van der Waals surface area contributed by atoms with E-state index in [1.54, 1.807) is 29.2 Å². The van der Waals surface area contributed by atoms with Gasteiger partial charge in [0.05, 0.1) is 5.56 Å².